The average Bonchev–Trinajstić information content (AvgIpc) is 2.25. The molecule has 92 valence electrons. The molecule has 0 aliphatic rings. The van der Waals surface area contributed by atoms with E-state index in [1.807, 2.05) is 0 Å². The van der Waals surface area contributed by atoms with Crippen LogP contribution in [0.3, 0.4) is 0 Å². The van der Waals surface area contributed by atoms with Gasteiger partial charge in [0.05, 0.1) is 0 Å². The molecule has 0 saturated carbocycles. The highest BCUT2D eigenvalue weighted by atomic mass is 32.2. The number of nitrogens with two attached hydrogens (primary N) is 1. The molecule has 0 aliphatic heterocycles. The minimum atomic E-state index is -3.67. The van der Waals surface area contributed by atoms with Gasteiger partial charge >= 0.3 is 0 Å². The summed E-state index contributed by atoms with van der Waals surface area (Å²) in [5.41, 5.74) is 1.51. The van der Waals surface area contributed by atoms with Crippen LogP contribution in [0.4, 0.5) is 0 Å². The highest BCUT2D eigenvalue weighted by Gasteiger charge is 2.11. The first-order valence-electron chi connectivity index (χ1n) is 4.86. The third-order valence-electron chi connectivity index (χ3n) is 2.08. The summed E-state index contributed by atoms with van der Waals surface area (Å²) in [6.07, 6.45) is 0. The normalized spacial score (nSPS) is 11.1. The fraction of sp³-hybridized carbons (Fsp3) is 0.273. The maximum absolute atomic E-state index is 11.0. The lowest BCUT2D eigenvalue weighted by Gasteiger charge is -2.13. The van der Waals surface area contributed by atoms with Gasteiger partial charge in [0.1, 0.15) is 6.61 Å². The van der Waals surface area contributed by atoms with Crippen molar-refractivity contribution in [3.8, 4) is 11.8 Å². The second kappa shape index (κ2) is 5.80. The van der Waals surface area contributed by atoms with Crippen molar-refractivity contribution < 1.29 is 13.5 Å². The number of aliphatic hydroxyl groups excluding tert-OH is 1. The van der Waals surface area contributed by atoms with E-state index in [1.165, 1.54) is 7.05 Å². The molecule has 6 heteroatoms. The Morgan fingerprint density at radius 2 is 2.18 bits per heavy atom. The van der Waals surface area contributed by atoms with Gasteiger partial charge in [0, 0.05) is 19.2 Å². The van der Waals surface area contributed by atoms with Gasteiger partial charge < -0.3 is 5.11 Å². The van der Waals surface area contributed by atoms with Gasteiger partial charge in [0.25, 0.3) is 10.2 Å². The summed E-state index contributed by atoms with van der Waals surface area (Å²) >= 11 is 0. The van der Waals surface area contributed by atoms with Crippen LogP contribution >= 0.6 is 0 Å². The number of hydrogen-bond donors (Lipinski definition) is 2. The van der Waals surface area contributed by atoms with Crippen LogP contribution in [0.1, 0.15) is 11.1 Å². The standard InChI is InChI=1S/C11H14N2O3S/c1-13(17(12,15)16)9-11-5-2-4-10(8-11)6-3-7-14/h2,4-5,8,14H,7,9H2,1H3,(H2,12,15,16). The van der Waals surface area contributed by atoms with Gasteiger partial charge in [-0.2, -0.15) is 12.7 Å². The second-order valence-corrected chi connectivity index (χ2v) is 5.11. The molecular weight excluding hydrogens is 240 g/mol. The molecule has 0 amide bonds. The van der Waals surface area contributed by atoms with Crippen LogP contribution in [0.15, 0.2) is 24.3 Å². The Hall–Kier alpha value is -1.39. The fourth-order valence-corrected chi connectivity index (χ4v) is 1.57. The maximum atomic E-state index is 11.0. The lowest BCUT2D eigenvalue weighted by molar-refractivity contribution is 0.350. The molecule has 17 heavy (non-hydrogen) atoms. The topological polar surface area (TPSA) is 83.6 Å². The Labute approximate surface area is 101 Å². The zero-order valence-corrected chi connectivity index (χ0v) is 10.2. The Bertz CT molecular complexity index is 543. The summed E-state index contributed by atoms with van der Waals surface area (Å²) < 4.78 is 23.1. The summed E-state index contributed by atoms with van der Waals surface area (Å²) in [7, 11) is -2.27. The lowest BCUT2D eigenvalue weighted by atomic mass is 10.1. The van der Waals surface area contributed by atoms with E-state index in [1.54, 1.807) is 24.3 Å². The monoisotopic (exact) mass is 254 g/mol. The van der Waals surface area contributed by atoms with E-state index in [4.69, 9.17) is 10.2 Å². The van der Waals surface area contributed by atoms with Crippen LogP contribution in [-0.2, 0) is 16.8 Å². The second-order valence-electron chi connectivity index (χ2n) is 3.46. The van der Waals surface area contributed by atoms with Crippen molar-refractivity contribution in [3.05, 3.63) is 35.4 Å². The molecule has 0 unspecified atom stereocenters. The van der Waals surface area contributed by atoms with E-state index in [0.717, 1.165) is 15.4 Å². The fourth-order valence-electron chi connectivity index (χ4n) is 1.24. The van der Waals surface area contributed by atoms with E-state index in [9.17, 15) is 8.42 Å². The van der Waals surface area contributed by atoms with Crippen LogP contribution in [0, 0.1) is 11.8 Å². The van der Waals surface area contributed by atoms with Crippen LogP contribution in [-0.4, -0.2) is 31.5 Å². The van der Waals surface area contributed by atoms with Crippen molar-refractivity contribution in [2.75, 3.05) is 13.7 Å². The van der Waals surface area contributed by atoms with Crippen LogP contribution in [0.2, 0.25) is 0 Å². The number of aliphatic hydroxyl groups is 1. The molecule has 1 aromatic carbocycles. The van der Waals surface area contributed by atoms with Gasteiger partial charge in [-0.3, -0.25) is 0 Å². The van der Waals surface area contributed by atoms with Gasteiger partial charge in [0.2, 0.25) is 0 Å². The molecule has 0 fully saturated rings. The van der Waals surface area contributed by atoms with Crippen LogP contribution in [0.25, 0.3) is 0 Å². The predicted molar refractivity (Wildman–Crippen MR) is 65.0 cm³/mol. The molecule has 3 N–H and O–H groups in total. The SMILES string of the molecule is CN(Cc1cccc(C#CCO)c1)S(N)(=O)=O. The zero-order chi connectivity index (χ0) is 12.9. The van der Waals surface area contributed by atoms with E-state index < -0.39 is 10.2 Å². The van der Waals surface area contributed by atoms with Gasteiger partial charge in [-0.1, -0.05) is 24.0 Å². The highest BCUT2D eigenvalue weighted by molar-refractivity contribution is 7.86. The Morgan fingerprint density at radius 3 is 2.76 bits per heavy atom. The van der Waals surface area contributed by atoms with Gasteiger partial charge in [-0.25, -0.2) is 5.14 Å². The Kier molecular flexibility index (Phi) is 4.66. The first-order valence-corrected chi connectivity index (χ1v) is 6.36. The molecule has 0 bridgehead atoms. The Morgan fingerprint density at radius 1 is 1.47 bits per heavy atom. The number of benzene rings is 1. The molecule has 1 aromatic rings. The van der Waals surface area contributed by atoms with Gasteiger partial charge in [-0.05, 0) is 17.7 Å². The highest BCUT2D eigenvalue weighted by Crippen LogP contribution is 2.07. The smallest absolute Gasteiger partial charge is 0.276 e. The summed E-state index contributed by atoms with van der Waals surface area (Å²) in [6, 6.07) is 7.09. The third kappa shape index (κ3) is 4.54. The number of hydrogen-bond acceptors (Lipinski definition) is 3. The molecule has 0 saturated heterocycles. The van der Waals surface area contributed by atoms with E-state index in [2.05, 4.69) is 11.8 Å². The predicted octanol–water partition coefficient (Wildman–Crippen LogP) is -0.334. The van der Waals surface area contributed by atoms with Crippen molar-refractivity contribution in [2.45, 2.75) is 6.54 Å². The number of rotatable bonds is 3. The molecule has 0 aliphatic carbocycles. The van der Waals surface area contributed by atoms with Crippen molar-refractivity contribution in [1.29, 1.82) is 0 Å². The summed E-state index contributed by atoms with van der Waals surface area (Å²) in [4.78, 5) is 0. The summed E-state index contributed by atoms with van der Waals surface area (Å²) in [6.45, 7) is -0.0191. The van der Waals surface area contributed by atoms with Crippen molar-refractivity contribution in [3.63, 3.8) is 0 Å². The summed E-state index contributed by atoms with van der Waals surface area (Å²) in [5.74, 6) is 5.27. The van der Waals surface area contributed by atoms with Crippen LogP contribution in [0.5, 0.6) is 0 Å². The minimum absolute atomic E-state index is 0.188. The largest absolute Gasteiger partial charge is 0.384 e. The zero-order valence-electron chi connectivity index (χ0n) is 9.42. The summed E-state index contributed by atoms with van der Waals surface area (Å²) in [5, 5.41) is 13.6. The van der Waals surface area contributed by atoms with Crippen molar-refractivity contribution >= 4 is 10.2 Å². The molecule has 5 nitrogen and oxygen atoms in total. The lowest BCUT2D eigenvalue weighted by Crippen LogP contribution is -2.32. The molecule has 0 heterocycles. The van der Waals surface area contributed by atoms with E-state index in [0.29, 0.717) is 0 Å². The van der Waals surface area contributed by atoms with E-state index in [-0.39, 0.29) is 13.2 Å². The van der Waals surface area contributed by atoms with Crippen LogP contribution < -0.4 is 5.14 Å². The molecular formula is C11H14N2O3S. The third-order valence-corrected chi connectivity index (χ3v) is 3.08. The first-order chi connectivity index (χ1) is 7.93. The van der Waals surface area contributed by atoms with E-state index >= 15 is 0 Å². The first kappa shape index (κ1) is 13.7. The molecule has 0 spiro atoms. The van der Waals surface area contributed by atoms with Gasteiger partial charge in [0.15, 0.2) is 0 Å². The maximum Gasteiger partial charge on any atom is 0.276 e. The van der Waals surface area contributed by atoms with Crippen molar-refractivity contribution in [1.82, 2.24) is 4.31 Å². The Balaban J connectivity index is 2.86. The van der Waals surface area contributed by atoms with Crippen molar-refractivity contribution in [2.24, 2.45) is 5.14 Å². The minimum Gasteiger partial charge on any atom is -0.384 e. The number of nitrogens with zero attached hydrogens (tertiary/aromatic N) is 1. The quantitative estimate of drug-likeness (QED) is 0.724. The molecule has 0 aromatic heterocycles. The molecule has 0 atom stereocenters. The molecule has 1 rings (SSSR count). The average molecular weight is 254 g/mol. The van der Waals surface area contributed by atoms with Gasteiger partial charge in [-0.15, -0.1) is 0 Å². The molecule has 0 radical (unpaired) electrons.